The minimum atomic E-state index is 0.878. The summed E-state index contributed by atoms with van der Waals surface area (Å²) in [4.78, 5) is 2.40. The van der Waals surface area contributed by atoms with Crippen molar-refractivity contribution in [3.63, 3.8) is 0 Å². The second-order valence-electron chi connectivity index (χ2n) is 3.06. The van der Waals surface area contributed by atoms with Crippen LogP contribution in [0.3, 0.4) is 0 Å². The van der Waals surface area contributed by atoms with Crippen LogP contribution in [0.1, 0.15) is 19.3 Å². The Labute approximate surface area is 58.0 Å². The SMILES string of the molecule is [CH2]CC1CCCN(C)C1. The van der Waals surface area contributed by atoms with Crippen LogP contribution in [0.5, 0.6) is 0 Å². The standard InChI is InChI=1S/C8H16N/c1-3-8-5-4-6-9(2)7-8/h8H,1,3-7H2,2H3. The topological polar surface area (TPSA) is 3.24 Å². The van der Waals surface area contributed by atoms with E-state index in [0.717, 1.165) is 12.3 Å². The second-order valence-corrected chi connectivity index (χ2v) is 3.06. The summed E-state index contributed by atoms with van der Waals surface area (Å²) in [6, 6.07) is 0. The largest absolute Gasteiger partial charge is 0.306 e. The summed E-state index contributed by atoms with van der Waals surface area (Å²) < 4.78 is 0. The highest BCUT2D eigenvalue weighted by Crippen LogP contribution is 2.16. The van der Waals surface area contributed by atoms with Gasteiger partial charge in [0.05, 0.1) is 0 Å². The van der Waals surface area contributed by atoms with Crippen LogP contribution in [0, 0.1) is 12.8 Å². The molecule has 0 aliphatic carbocycles. The van der Waals surface area contributed by atoms with Gasteiger partial charge >= 0.3 is 0 Å². The molecule has 0 aromatic carbocycles. The van der Waals surface area contributed by atoms with Crippen molar-refractivity contribution >= 4 is 0 Å². The molecule has 0 aromatic heterocycles. The third-order valence-corrected chi connectivity index (χ3v) is 2.13. The van der Waals surface area contributed by atoms with E-state index in [0.29, 0.717) is 0 Å². The molecule has 9 heavy (non-hydrogen) atoms. The van der Waals surface area contributed by atoms with Crippen molar-refractivity contribution < 1.29 is 0 Å². The van der Waals surface area contributed by atoms with Crippen molar-refractivity contribution in [2.45, 2.75) is 19.3 Å². The maximum Gasteiger partial charge on any atom is 0.000661 e. The summed E-state index contributed by atoms with van der Waals surface area (Å²) in [5.74, 6) is 0.878. The van der Waals surface area contributed by atoms with E-state index in [4.69, 9.17) is 0 Å². The van der Waals surface area contributed by atoms with Gasteiger partial charge in [0.2, 0.25) is 0 Å². The van der Waals surface area contributed by atoms with Gasteiger partial charge in [0.1, 0.15) is 0 Å². The molecular formula is C8H16N. The van der Waals surface area contributed by atoms with E-state index in [1.807, 2.05) is 0 Å². The molecule has 1 aliphatic heterocycles. The molecule has 1 heteroatoms. The smallest absolute Gasteiger partial charge is 0.000661 e. The minimum Gasteiger partial charge on any atom is -0.306 e. The summed E-state index contributed by atoms with van der Waals surface area (Å²) in [5, 5.41) is 0. The molecule has 0 spiro atoms. The van der Waals surface area contributed by atoms with Crippen molar-refractivity contribution in [3.8, 4) is 0 Å². The summed E-state index contributed by atoms with van der Waals surface area (Å²) in [7, 11) is 2.20. The van der Waals surface area contributed by atoms with Crippen LogP contribution in [0.4, 0.5) is 0 Å². The first-order chi connectivity index (χ1) is 4.33. The van der Waals surface area contributed by atoms with Crippen molar-refractivity contribution in [2.75, 3.05) is 20.1 Å². The highest BCUT2D eigenvalue weighted by molar-refractivity contribution is 4.70. The lowest BCUT2D eigenvalue weighted by Gasteiger charge is -2.28. The van der Waals surface area contributed by atoms with E-state index in [-0.39, 0.29) is 0 Å². The van der Waals surface area contributed by atoms with Gasteiger partial charge in [-0.2, -0.15) is 0 Å². The van der Waals surface area contributed by atoms with Crippen LogP contribution in [0.25, 0.3) is 0 Å². The average molecular weight is 126 g/mol. The number of rotatable bonds is 1. The van der Waals surface area contributed by atoms with Gasteiger partial charge < -0.3 is 4.90 Å². The van der Waals surface area contributed by atoms with Crippen LogP contribution >= 0.6 is 0 Å². The lowest BCUT2D eigenvalue weighted by Crippen LogP contribution is -2.31. The van der Waals surface area contributed by atoms with Crippen LogP contribution in [0.2, 0.25) is 0 Å². The van der Waals surface area contributed by atoms with Gasteiger partial charge in [-0.15, -0.1) is 0 Å². The Hall–Kier alpha value is -0.0400. The zero-order valence-corrected chi connectivity index (χ0v) is 6.27. The first kappa shape index (κ1) is 7.07. The fourth-order valence-corrected chi connectivity index (χ4v) is 1.51. The molecule has 1 saturated heterocycles. The lowest BCUT2D eigenvalue weighted by molar-refractivity contribution is 0.211. The van der Waals surface area contributed by atoms with Crippen molar-refractivity contribution in [2.24, 2.45) is 5.92 Å². The fraction of sp³-hybridized carbons (Fsp3) is 0.875. The zero-order valence-electron chi connectivity index (χ0n) is 6.27. The van der Waals surface area contributed by atoms with Crippen LogP contribution in [0.15, 0.2) is 0 Å². The van der Waals surface area contributed by atoms with Crippen LogP contribution in [-0.2, 0) is 0 Å². The predicted molar refractivity (Wildman–Crippen MR) is 40.2 cm³/mol. The summed E-state index contributed by atoms with van der Waals surface area (Å²) >= 11 is 0. The van der Waals surface area contributed by atoms with E-state index in [1.165, 1.54) is 25.9 Å². The summed E-state index contributed by atoms with van der Waals surface area (Å²) in [6.07, 6.45) is 3.88. The molecule has 1 aliphatic rings. The first-order valence-electron chi connectivity index (χ1n) is 3.80. The number of likely N-dealkylation sites (tertiary alicyclic amines) is 1. The van der Waals surface area contributed by atoms with E-state index in [9.17, 15) is 0 Å². The van der Waals surface area contributed by atoms with E-state index in [2.05, 4.69) is 18.9 Å². The monoisotopic (exact) mass is 126 g/mol. The van der Waals surface area contributed by atoms with Crippen LogP contribution < -0.4 is 0 Å². The molecule has 1 unspecified atom stereocenters. The quantitative estimate of drug-likeness (QED) is 0.515. The Morgan fingerprint density at radius 3 is 2.89 bits per heavy atom. The van der Waals surface area contributed by atoms with Crippen LogP contribution in [-0.4, -0.2) is 25.0 Å². The molecule has 1 heterocycles. The minimum absolute atomic E-state index is 0.878. The highest BCUT2D eigenvalue weighted by atomic mass is 15.1. The Balaban J connectivity index is 2.23. The third-order valence-electron chi connectivity index (χ3n) is 2.13. The van der Waals surface area contributed by atoms with E-state index in [1.54, 1.807) is 0 Å². The Kier molecular flexibility index (Phi) is 2.52. The normalized spacial score (nSPS) is 30.7. The molecule has 1 fully saturated rings. The van der Waals surface area contributed by atoms with Gasteiger partial charge in [0.15, 0.2) is 0 Å². The summed E-state index contributed by atoms with van der Waals surface area (Å²) in [5.41, 5.74) is 0. The van der Waals surface area contributed by atoms with Gasteiger partial charge in [-0.1, -0.05) is 6.92 Å². The Bertz CT molecular complexity index is 80.6. The maximum atomic E-state index is 3.92. The van der Waals surface area contributed by atoms with Gasteiger partial charge in [-0.3, -0.25) is 0 Å². The molecular weight excluding hydrogens is 110 g/mol. The number of hydrogen-bond acceptors (Lipinski definition) is 1. The summed E-state index contributed by atoms with van der Waals surface area (Å²) in [6.45, 7) is 6.47. The molecule has 0 N–H and O–H groups in total. The zero-order chi connectivity index (χ0) is 6.69. The molecule has 0 amide bonds. The average Bonchev–Trinajstić information content (AvgIpc) is 1.88. The fourth-order valence-electron chi connectivity index (χ4n) is 1.51. The Morgan fingerprint density at radius 1 is 1.67 bits per heavy atom. The number of nitrogens with zero attached hydrogens (tertiary/aromatic N) is 1. The molecule has 1 atom stereocenters. The lowest BCUT2D eigenvalue weighted by atomic mass is 9.96. The van der Waals surface area contributed by atoms with E-state index < -0.39 is 0 Å². The molecule has 1 nitrogen and oxygen atoms in total. The van der Waals surface area contributed by atoms with E-state index >= 15 is 0 Å². The third kappa shape index (κ3) is 1.98. The number of hydrogen-bond donors (Lipinski definition) is 0. The maximum absolute atomic E-state index is 3.92. The Morgan fingerprint density at radius 2 is 2.44 bits per heavy atom. The van der Waals surface area contributed by atoms with Gasteiger partial charge in [-0.05, 0) is 38.8 Å². The van der Waals surface area contributed by atoms with Gasteiger partial charge in [0, 0.05) is 6.54 Å². The molecule has 1 radical (unpaired) electrons. The van der Waals surface area contributed by atoms with Gasteiger partial charge in [-0.25, -0.2) is 0 Å². The molecule has 0 bridgehead atoms. The number of piperidine rings is 1. The van der Waals surface area contributed by atoms with Crippen molar-refractivity contribution in [3.05, 3.63) is 6.92 Å². The molecule has 1 rings (SSSR count). The first-order valence-corrected chi connectivity index (χ1v) is 3.80. The van der Waals surface area contributed by atoms with Crippen molar-refractivity contribution in [1.29, 1.82) is 0 Å². The predicted octanol–water partition coefficient (Wildman–Crippen LogP) is 1.55. The highest BCUT2D eigenvalue weighted by Gasteiger charge is 2.14. The second kappa shape index (κ2) is 3.21. The van der Waals surface area contributed by atoms with Crippen molar-refractivity contribution in [1.82, 2.24) is 4.90 Å². The molecule has 0 saturated carbocycles. The van der Waals surface area contributed by atoms with Gasteiger partial charge in [0.25, 0.3) is 0 Å². The molecule has 0 aromatic rings. The molecule has 53 valence electrons.